The van der Waals surface area contributed by atoms with Crippen LogP contribution in [0.1, 0.15) is 17.3 Å². The van der Waals surface area contributed by atoms with E-state index in [1.54, 1.807) is 24.7 Å². The molecule has 0 aliphatic rings. The van der Waals surface area contributed by atoms with E-state index in [9.17, 15) is 4.79 Å². The summed E-state index contributed by atoms with van der Waals surface area (Å²) in [5.41, 5.74) is 0.731. The van der Waals surface area contributed by atoms with E-state index < -0.39 is 5.97 Å². The number of anilines is 1. The van der Waals surface area contributed by atoms with Crippen molar-refractivity contribution in [1.82, 2.24) is 9.55 Å². The first-order valence-corrected chi connectivity index (χ1v) is 6.19. The fourth-order valence-electron chi connectivity index (χ4n) is 1.84. The molecule has 2 rings (SSSR count). The minimum atomic E-state index is -1.00. The SMILES string of the molecule is CC(Cn1ccnc1)Nc1ccc(Cl)cc1C(=O)O. The highest BCUT2D eigenvalue weighted by Gasteiger charge is 2.12. The van der Waals surface area contributed by atoms with E-state index in [1.807, 2.05) is 17.7 Å². The second kappa shape index (κ2) is 5.75. The highest BCUT2D eigenvalue weighted by atomic mass is 35.5. The topological polar surface area (TPSA) is 67.2 Å². The van der Waals surface area contributed by atoms with Crippen LogP contribution in [0.2, 0.25) is 5.02 Å². The molecule has 1 heterocycles. The summed E-state index contributed by atoms with van der Waals surface area (Å²) in [6.07, 6.45) is 5.29. The van der Waals surface area contributed by atoms with Gasteiger partial charge in [0.25, 0.3) is 0 Å². The maximum Gasteiger partial charge on any atom is 0.337 e. The van der Waals surface area contributed by atoms with E-state index >= 15 is 0 Å². The Morgan fingerprint density at radius 2 is 2.37 bits per heavy atom. The Kier molecular flexibility index (Phi) is 4.06. The zero-order valence-corrected chi connectivity index (χ0v) is 11.1. The van der Waals surface area contributed by atoms with Crippen molar-refractivity contribution in [3.63, 3.8) is 0 Å². The van der Waals surface area contributed by atoms with Crippen LogP contribution in [0.3, 0.4) is 0 Å². The van der Waals surface area contributed by atoms with Crippen LogP contribution in [0.4, 0.5) is 5.69 Å². The third-order valence-corrected chi connectivity index (χ3v) is 2.89. The van der Waals surface area contributed by atoms with Gasteiger partial charge in [-0.2, -0.15) is 0 Å². The van der Waals surface area contributed by atoms with E-state index in [4.69, 9.17) is 16.7 Å². The van der Waals surface area contributed by atoms with Crippen LogP contribution in [-0.2, 0) is 6.54 Å². The Morgan fingerprint density at radius 3 is 3.00 bits per heavy atom. The Morgan fingerprint density at radius 1 is 1.58 bits per heavy atom. The zero-order valence-electron chi connectivity index (χ0n) is 10.4. The fourth-order valence-corrected chi connectivity index (χ4v) is 2.01. The van der Waals surface area contributed by atoms with Gasteiger partial charge in [0.15, 0.2) is 0 Å². The predicted molar refractivity (Wildman–Crippen MR) is 73.7 cm³/mol. The van der Waals surface area contributed by atoms with Crippen molar-refractivity contribution in [3.05, 3.63) is 47.5 Å². The molecule has 100 valence electrons. The van der Waals surface area contributed by atoms with Crippen molar-refractivity contribution in [2.75, 3.05) is 5.32 Å². The molecule has 0 aliphatic heterocycles. The summed E-state index contributed by atoms with van der Waals surface area (Å²) in [6.45, 7) is 2.67. The van der Waals surface area contributed by atoms with Gasteiger partial charge in [-0.25, -0.2) is 9.78 Å². The van der Waals surface area contributed by atoms with Crippen molar-refractivity contribution in [2.45, 2.75) is 19.5 Å². The Hall–Kier alpha value is -2.01. The molecule has 6 heteroatoms. The first-order valence-electron chi connectivity index (χ1n) is 5.81. The lowest BCUT2D eigenvalue weighted by Gasteiger charge is -2.17. The molecule has 19 heavy (non-hydrogen) atoms. The van der Waals surface area contributed by atoms with Gasteiger partial charge in [-0.3, -0.25) is 0 Å². The van der Waals surface area contributed by atoms with Gasteiger partial charge in [0.2, 0.25) is 0 Å². The molecule has 0 spiro atoms. The van der Waals surface area contributed by atoms with Gasteiger partial charge in [-0.05, 0) is 25.1 Å². The number of imidazole rings is 1. The number of benzene rings is 1. The lowest BCUT2D eigenvalue weighted by Crippen LogP contribution is -2.22. The third kappa shape index (κ3) is 3.48. The van der Waals surface area contributed by atoms with E-state index in [0.29, 0.717) is 17.3 Å². The fraction of sp³-hybridized carbons (Fsp3) is 0.231. The number of carboxylic acids is 1. The van der Waals surface area contributed by atoms with E-state index in [2.05, 4.69) is 10.3 Å². The Bertz CT molecular complexity index is 569. The van der Waals surface area contributed by atoms with Crippen molar-refractivity contribution in [2.24, 2.45) is 0 Å². The van der Waals surface area contributed by atoms with Crippen LogP contribution < -0.4 is 5.32 Å². The normalized spacial score (nSPS) is 12.1. The number of hydrogen-bond acceptors (Lipinski definition) is 3. The lowest BCUT2D eigenvalue weighted by molar-refractivity contribution is 0.0698. The number of carboxylic acid groups (broad SMARTS) is 1. The standard InChI is InChI=1S/C13H14ClN3O2/c1-9(7-17-5-4-15-8-17)16-12-3-2-10(14)6-11(12)13(18)19/h2-6,8-9,16H,7H2,1H3,(H,18,19). The molecule has 0 radical (unpaired) electrons. The van der Waals surface area contributed by atoms with E-state index in [1.165, 1.54) is 6.07 Å². The highest BCUT2D eigenvalue weighted by Crippen LogP contribution is 2.21. The van der Waals surface area contributed by atoms with Gasteiger partial charge in [0, 0.05) is 35.7 Å². The molecule has 2 aromatic rings. The molecule has 2 N–H and O–H groups in total. The quantitative estimate of drug-likeness (QED) is 0.883. The monoisotopic (exact) mass is 279 g/mol. The summed E-state index contributed by atoms with van der Waals surface area (Å²) in [4.78, 5) is 15.1. The second-order valence-corrected chi connectivity index (χ2v) is 4.74. The average Bonchev–Trinajstić information content (AvgIpc) is 2.83. The first-order chi connectivity index (χ1) is 9.06. The van der Waals surface area contributed by atoms with Gasteiger partial charge in [0.1, 0.15) is 0 Å². The Labute approximate surface area is 115 Å². The molecular weight excluding hydrogens is 266 g/mol. The summed E-state index contributed by atoms with van der Waals surface area (Å²) in [5, 5.41) is 12.7. The molecule has 5 nitrogen and oxygen atoms in total. The number of hydrogen-bond donors (Lipinski definition) is 2. The molecule has 0 fully saturated rings. The first kappa shape index (κ1) is 13.4. The van der Waals surface area contributed by atoms with Gasteiger partial charge in [0.05, 0.1) is 11.9 Å². The Balaban J connectivity index is 2.12. The summed E-state index contributed by atoms with van der Waals surface area (Å²) in [5.74, 6) is -1.00. The second-order valence-electron chi connectivity index (χ2n) is 4.30. The molecule has 1 aromatic carbocycles. The number of rotatable bonds is 5. The largest absolute Gasteiger partial charge is 0.478 e. The minimum Gasteiger partial charge on any atom is -0.478 e. The molecule has 0 amide bonds. The van der Waals surface area contributed by atoms with Gasteiger partial charge in [-0.15, -0.1) is 0 Å². The van der Waals surface area contributed by atoms with Crippen molar-refractivity contribution < 1.29 is 9.90 Å². The number of nitrogens with zero attached hydrogens (tertiary/aromatic N) is 2. The number of carbonyl (C=O) groups is 1. The molecule has 0 bridgehead atoms. The van der Waals surface area contributed by atoms with Crippen LogP contribution in [0.15, 0.2) is 36.9 Å². The van der Waals surface area contributed by atoms with Crippen LogP contribution in [0, 0.1) is 0 Å². The van der Waals surface area contributed by atoms with Gasteiger partial charge in [-0.1, -0.05) is 11.6 Å². The highest BCUT2D eigenvalue weighted by molar-refractivity contribution is 6.31. The lowest BCUT2D eigenvalue weighted by atomic mass is 10.1. The molecule has 0 saturated heterocycles. The number of nitrogens with one attached hydrogen (secondary N) is 1. The smallest absolute Gasteiger partial charge is 0.337 e. The average molecular weight is 280 g/mol. The van der Waals surface area contributed by atoms with Crippen molar-refractivity contribution >= 4 is 23.3 Å². The molecule has 0 aliphatic carbocycles. The number of aromatic nitrogens is 2. The molecule has 1 unspecified atom stereocenters. The maximum absolute atomic E-state index is 11.2. The van der Waals surface area contributed by atoms with Crippen LogP contribution in [0.5, 0.6) is 0 Å². The number of aromatic carboxylic acids is 1. The van der Waals surface area contributed by atoms with Crippen LogP contribution in [0.25, 0.3) is 0 Å². The summed E-state index contributed by atoms with van der Waals surface area (Å²) < 4.78 is 1.92. The van der Waals surface area contributed by atoms with Crippen molar-refractivity contribution in [1.29, 1.82) is 0 Å². The summed E-state index contributed by atoms with van der Waals surface area (Å²) >= 11 is 5.81. The number of halogens is 1. The molecule has 1 atom stereocenters. The molecule has 1 aromatic heterocycles. The van der Waals surface area contributed by atoms with Crippen LogP contribution >= 0.6 is 11.6 Å². The van der Waals surface area contributed by atoms with Crippen LogP contribution in [-0.4, -0.2) is 26.7 Å². The maximum atomic E-state index is 11.2. The van der Waals surface area contributed by atoms with Crippen molar-refractivity contribution in [3.8, 4) is 0 Å². The summed E-state index contributed by atoms with van der Waals surface area (Å²) in [7, 11) is 0. The van der Waals surface area contributed by atoms with E-state index in [0.717, 1.165) is 0 Å². The summed E-state index contributed by atoms with van der Waals surface area (Å²) in [6, 6.07) is 4.85. The van der Waals surface area contributed by atoms with E-state index in [-0.39, 0.29) is 11.6 Å². The van der Waals surface area contributed by atoms with Gasteiger partial charge < -0.3 is 15.0 Å². The minimum absolute atomic E-state index is 0.0634. The zero-order chi connectivity index (χ0) is 13.8. The molecule has 0 saturated carbocycles. The molecular formula is C13H14ClN3O2. The third-order valence-electron chi connectivity index (χ3n) is 2.66. The predicted octanol–water partition coefficient (Wildman–Crippen LogP) is 2.74. The van der Waals surface area contributed by atoms with Gasteiger partial charge >= 0.3 is 5.97 Å².